The summed E-state index contributed by atoms with van der Waals surface area (Å²) in [6.07, 6.45) is 0. The number of amides is 2. The van der Waals surface area contributed by atoms with Gasteiger partial charge in [0.15, 0.2) is 0 Å². The highest BCUT2D eigenvalue weighted by molar-refractivity contribution is 6.30. The topological polar surface area (TPSA) is 70.7 Å². The molecule has 0 unspecified atom stereocenters. The molecule has 7 heteroatoms. The molecule has 26 heavy (non-hydrogen) atoms. The van der Waals surface area contributed by atoms with Gasteiger partial charge < -0.3 is 20.3 Å². The summed E-state index contributed by atoms with van der Waals surface area (Å²) in [5.74, 6) is -0.502. The maximum absolute atomic E-state index is 12.5. The molecule has 0 radical (unpaired) electrons. The Morgan fingerprint density at radius 1 is 1.08 bits per heavy atom. The Kier molecular flexibility index (Phi) is 7.00. The predicted molar refractivity (Wildman–Crippen MR) is 104 cm³/mol. The van der Waals surface area contributed by atoms with E-state index < -0.39 is 0 Å². The third-order valence-electron chi connectivity index (χ3n) is 3.68. The fourth-order valence-electron chi connectivity index (χ4n) is 2.35. The van der Waals surface area contributed by atoms with Crippen molar-refractivity contribution >= 4 is 34.8 Å². The Hall–Kier alpha value is -2.57. The second kappa shape index (κ2) is 9.22. The molecular weight excluding hydrogens is 354 g/mol. The van der Waals surface area contributed by atoms with Crippen molar-refractivity contribution in [3.63, 3.8) is 0 Å². The number of hydrogen-bond donors (Lipinski definition) is 2. The first-order chi connectivity index (χ1) is 12.4. The molecule has 2 aromatic carbocycles. The number of anilines is 2. The van der Waals surface area contributed by atoms with E-state index in [0.29, 0.717) is 35.0 Å². The molecule has 0 saturated heterocycles. The van der Waals surface area contributed by atoms with Crippen LogP contribution in [0, 0.1) is 0 Å². The maximum atomic E-state index is 12.5. The molecule has 138 valence electrons. The summed E-state index contributed by atoms with van der Waals surface area (Å²) in [5.41, 5.74) is 2.24. The lowest BCUT2D eigenvalue weighted by molar-refractivity contribution is 0.0936. The summed E-state index contributed by atoms with van der Waals surface area (Å²) in [6.45, 7) is 0.833. The van der Waals surface area contributed by atoms with E-state index in [1.165, 1.54) is 0 Å². The fraction of sp³-hybridized carbons (Fsp3) is 0.263. The molecule has 6 nitrogen and oxygen atoms in total. The normalized spacial score (nSPS) is 10.3. The Bertz CT molecular complexity index is 776. The summed E-state index contributed by atoms with van der Waals surface area (Å²) in [4.78, 5) is 26.7. The first kappa shape index (κ1) is 19.8. The van der Waals surface area contributed by atoms with Gasteiger partial charge in [-0.15, -0.1) is 0 Å². The minimum atomic E-state index is -0.273. The average Bonchev–Trinajstić information content (AvgIpc) is 2.62. The highest BCUT2D eigenvalue weighted by Crippen LogP contribution is 2.23. The molecule has 0 fully saturated rings. The minimum absolute atomic E-state index is 0.228. The minimum Gasteiger partial charge on any atom is -0.383 e. The van der Waals surface area contributed by atoms with Gasteiger partial charge in [-0.25, -0.2) is 0 Å². The first-order valence-electron chi connectivity index (χ1n) is 8.08. The van der Waals surface area contributed by atoms with Gasteiger partial charge in [0.1, 0.15) is 0 Å². The van der Waals surface area contributed by atoms with Gasteiger partial charge in [0.25, 0.3) is 11.8 Å². The van der Waals surface area contributed by atoms with Crippen LogP contribution in [0.1, 0.15) is 20.7 Å². The van der Waals surface area contributed by atoms with Crippen molar-refractivity contribution in [3.05, 3.63) is 58.6 Å². The van der Waals surface area contributed by atoms with Crippen LogP contribution < -0.4 is 15.5 Å². The maximum Gasteiger partial charge on any atom is 0.255 e. The zero-order valence-corrected chi connectivity index (χ0v) is 15.8. The van der Waals surface area contributed by atoms with Crippen LogP contribution in [0.4, 0.5) is 11.4 Å². The molecule has 2 amide bonds. The van der Waals surface area contributed by atoms with Crippen molar-refractivity contribution < 1.29 is 14.3 Å². The van der Waals surface area contributed by atoms with Gasteiger partial charge in [-0.1, -0.05) is 11.6 Å². The highest BCUT2D eigenvalue weighted by Gasteiger charge is 2.15. The van der Waals surface area contributed by atoms with Crippen LogP contribution >= 0.6 is 11.6 Å². The Balaban J connectivity index is 2.21. The largest absolute Gasteiger partial charge is 0.383 e. The molecule has 0 saturated carbocycles. The number of rotatable bonds is 7. The van der Waals surface area contributed by atoms with Gasteiger partial charge in [0.05, 0.1) is 12.2 Å². The summed E-state index contributed by atoms with van der Waals surface area (Å²) < 4.78 is 4.95. The predicted octanol–water partition coefficient (Wildman–Crippen LogP) is 3.03. The lowest BCUT2D eigenvalue weighted by Crippen LogP contribution is -2.28. The third kappa shape index (κ3) is 5.21. The van der Waals surface area contributed by atoms with Crippen molar-refractivity contribution in [2.45, 2.75) is 0 Å². The number of hydrogen-bond acceptors (Lipinski definition) is 4. The summed E-state index contributed by atoms with van der Waals surface area (Å²) >= 11 is 5.84. The second-order valence-electron chi connectivity index (χ2n) is 5.84. The zero-order chi connectivity index (χ0) is 19.1. The molecule has 0 atom stereocenters. The van der Waals surface area contributed by atoms with Crippen LogP contribution in [-0.2, 0) is 4.74 Å². The van der Waals surface area contributed by atoms with Crippen molar-refractivity contribution in [2.24, 2.45) is 0 Å². The monoisotopic (exact) mass is 375 g/mol. The molecule has 0 bridgehead atoms. The summed E-state index contributed by atoms with van der Waals surface area (Å²) in [5, 5.41) is 6.16. The number of nitrogens with zero attached hydrogens (tertiary/aromatic N) is 1. The van der Waals surface area contributed by atoms with Crippen molar-refractivity contribution in [1.82, 2.24) is 5.32 Å². The zero-order valence-electron chi connectivity index (χ0n) is 15.0. The van der Waals surface area contributed by atoms with Crippen LogP contribution in [0.2, 0.25) is 5.02 Å². The number of benzene rings is 2. The van der Waals surface area contributed by atoms with Crippen molar-refractivity contribution in [1.29, 1.82) is 0 Å². The fourth-order valence-corrected chi connectivity index (χ4v) is 2.48. The van der Waals surface area contributed by atoms with Crippen LogP contribution in [0.3, 0.4) is 0 Å². The molecule has 2 aromatic rings. The van der Waals surface area contributed by atoms with E-state index in [1.807, 2.05) is 19.0 Å². The summed E-state index contributed by atoms with van der Waals surface area (Å²) in [6, 6.07) is 11.8. The SMILES string of the molecule is COCCNC(=O)c1cc(NC(=O)c2ccc(Cl)cc2)ccc1N(C)C. The van der Waals surface area contributed by atoms with E-state index in [4.69, 9.17) is 16.3 Å². The number of methoxy groups -OCH3 is 1. The number of halogens is 1. The van der Waals surface area contributed by atoms with E-state index in [0.717, 1.165) is 5.69 Å². The van der Waals surface area contributed by atoms with E-state index in [-0.39, 0.29) is 11.8 Å². The van der Waals surface area contributed by atoms with E-state index >= 15 is 0 Å². The van der Waals surface area contributed by atoms with Crippen LogP contribution in [0.15, 0.2) is 42.5 Å². The van der Waals surface area contributed by atoms with E-state index in [2.05, 4.69) is 10.6 Å². The quantitative estimate of drug-likeness (QED) is 0.730. The van der Waals surface area contributed by atoms with Gasteiger partial charge in [0.2, 0.25) is 0 Å². The highest BCUT2D eigenvalue weighted by atomic mass is 35.5. The van der Waals surface area contributed by atoms with Crippen molar-refractivity contribution in [3.8, 4) is 0 Å². The second-order valence-corrected chi connectivity index (χ2v) is 6.27. The van der Waals surface area contributed by atoms with Gasteiger partial charge in [0, 0.05) is 49.7 Å². The van der Waals surface area contributed by atoms with Crippen molar-refractivity contribution in [2.75, 3.05) is 44.6 Å². The molecule has 0 aliphatic heterocycles. The lowest BCUT2D eigenvalue weighted by atomic mass is 10.1. The van der Waals surface area contributed by atoms with Crippen LogP contribution in [0.5, 0.6) is 0 Å². The van der Waals surface area contributed by atoms with Gasteiger partial charge in [-0.3, -0.25) is 9.59 Å². The molecule has 0 aliphatic rings. The number of nitrogens with one attached hydrogen (secondary N) is 2. The Morgan fingerprint density at radius 2 is 1.77 bits per heavy atom. The van der Waals surface area contributed by atoms with Gasteiger partial charge in [-0.2, -0.15) is 0 Å². The number of carbonyl (C=O) groups is 2. The molecular formula is C19H22ClN3O3. The molecule has 0 aliphatic carbocycles. The van der Waals surface area contributed by atoms with Gasteiger partial charge in [-0.05, 0) is 42.5 Å². The smallest absolute Gasteiger partial charge is 0.255 e. The summed E-state index contributed by atoms with van der Waals surface area (Å²) in [7, 11) is 5.28. The number of carbonyl (C=O) groups excluding carboxylic acids is 2. The van der Waals surface area contributed by atoms with Crippen LogP contribution in [0.25, 0.3) is 0 Å². The van der Waals surface area contributed by atoms with E-state index in [1.54, 1.807) is 49.6 Å². The first-order valence-corrected chi connectivity index (χ1v) is 8.45. The molecule has 0 spiro atoms. The molecule has 0 aromatic heterocycles. The Morgan fingerprint density at radius 3 is 2.38 bits per heavy atom. The Labute approximate surface area is 158 Å². The van der Waals surface area contributed by atoms with E-state index in [9.17, 15) is 9.59 Å². The number of ether oxygens (including phenoxy) is 1. The lowest BCUT2D eigenvalue weighted by Gasteiger charge is -2.18. The molecule has 0 heterocycles. The molecule has 2 N–H and O–H groups in total. The average molecular weight is 376 g/mol. The van der Waals surface area contributed by atoms with Gasteiger partial charge >= 0.3 is 0 Å². The van der Waals surface area contributed by atoms with Crippen LogP contribution in [-0.4, -0.2) is 46.2 Å². The molecule has 2 rings (SSSR count). The standard InChI is InChI=1S/C19H22ClN3O3/c1-23(2)17-9-8-15(12-16(17)19(25)21-10-11-26-3)22-18(24)13-4-6-14(20)7-5-13/h4-9,12H,10-11H2,1-3H3,(H,21,25)(H,22,24). The third-order valence-corrected chi connectivity index (χ3v) is 3.93.